The van der Waals surface area contributed by atoms with E-state index in [2.05, 4.69) is 25.8 Å². The molecule has 0 saturated carbocycles. The minimum Gasteiger partial charge on any atom is -0.472 e. The average molecular weight is 279 g/mol. The van der Waals surface area contributed by atoms with Gasteiger partial charge in [0.05, 0.1) is 18.9 Å². The Hall–Kier alpha value is -2.84. The molecule has 0 saturated heterocycles. The van der Waals surface area contributed by atoms with Gasteiger partial charge < -0.3 is 14.5 Å². The van der Waals surface area contributed by atoms with Crippen molar-refractivity contribution in [1.29, 1.82) is 0 Å². The Morgan fingerprint density at radius 2 is 2.35 bits per heavy atom. The molecule has 2 aromatic rings. The van der Waals surface area contributed by atoms with Crippen molar-refractivity contribution in [3.8, 4) is 6.01 Å². The van der Waals surface area contributed by atoms with Crippen LogP contribution >= 0.6 is 0 Å². The zero-order valence-corrected chi connectivity index (χ0v) is 10.7. The number of ether oxygens (including phenoxy) is 1. The summed E-state index contributed by atoms with van der Waals surface area (Å²) in [4.78, 5) is 26.9. The van der Waals surface area contributed by atoms with Gasteiger partial charge in [0.1, 0.15) is 6.26 Å². The van der Waals surface area contributed by atoms with Crippen molar-refractivity contribution in [2.24, 2.45) is 0 Å². The molecule has 0 aromatic carbocycles. The van der Waals surface area contributed by atoms with Crippen LogP contribution in [0.2, 0.25) is 0 Å². The van der Waals surface area contributed by atoms with Gasteiger partial charge in [-0.3, -0.25) is 14.9 Å². The van der Waals surface area contributed by atoms with Crippen LogP contribution in [-0.2, 0) is 4.79 Å². The lowest BCUT2D eigenvalue weighted by atomic mass is 10.3. The molecule has 0 radical (unpaired) electrons. The van der Waals surface area contributed by atoms with E-state index in [1.165, 1.54) is 25.7 Å². The summed E-state index contributed by atoms with van der Waals surface area (Å²) < 4.78 is 9.54. The highest BCUT2D eigenvalue weighted by Crippen LogP contribution is 2.04. The summed E-state index contributed by atoms with van der Waals surface area (Å²) in [5, 5.41) is 11.2. The number of aromatic amines is 1. The molecule has 0 aliphatic heterocycles. The number of nitrogens with zero attached hydrogens (tertiary/aromatic N) is 2. The lowest BCUT2D eigenvalue weighted by Crippen LogP contribution is -2.27. The van der Waals surface area contributed by atoms with E-state index in [1.54, 1.807) is 0 Å². The third kappa shape index (κ3) is 3.57. The molecule has 3 N–H and O–H groups in total. The third-order valence-electron chi connectivity index (χ3n) is 2.33. The Labute approximate surface area is 113 Å². The number of carbonyl (C=O) groups excluding carboxylic acids is 2. The van der Waals surface area contributed by atoms with Crippen LogP contribution in [0, 0.1) is 0 Å². The normalized spacial score (nSPS) is 10.1. The molecule has 106 valence electrons. The summed E-state index contributed by atoms with van der Waals surface area (Å²) in [5.41, 5.74) is 0.408. The van der Waals surface area contributed by atoms with Crippen LogP contribution in [0.3, 0.4) is 0 Å². The number of nitrogens with one attached hydrogen (secondary N) is 3. The van der Waals surface area contributed by atoms with E-state index >= 15 is 0 Å². The SMILES string of the molecule is COc1n[nH]c(NC(=O)CCNC(=O)c2ccoc2)n1. The number of rotatable bonds is 6. The van der Waals surface area contributed by atoms with Gasteiger partial charge in [-0.2, -0.15) is 4.98 Å². The third-order valence-corrected chi connectivity index (χ3v) is 2.33. The van der Waals surface area contributed by atoms with Gasteiger partial charge in [-0.05, 0) is 6.07 Å². The quantitative estimate of drug-likeness (QED) is 0.692. The topological polar surface area (TPSA) is 122 Å². The molecule has 20 heavy (non-hydrogen) atoms. The molecular formula is C11H13N5O4. The van der Waals surface area contributed by atoms with Gasteiger partial charge in [-0.1, -0.05) is 0 Å². The van der Waals surface area contributed by atoms with E-state index in [-0.39, 0.29) is 36.7 Å². The number of methoxy groups -OCH3 is 1. The number of amides is 2. The number of hydrogen-bond donors (Lipinski definition) is 3. The standard InChI is InChI=1S/C11H13N5O4/c1-19-11-14-10(15-16-11)13-8(17)2-4-12-9(18)7-3-5-20-6-7/h3,5-6H,2,4H2,1H3,(H,12,18)(H2,13,14,15,16,17). The summed E-state index contributed by atoms with van der Waals surface area (Å²) in [6.07, 6.45) is 2.84. The Balaban J connectivity index is 1.71. The van der Waals surface area contributed by atoms with Crippen LogP contribution in [-0.4, -0.2) is 40.7 Å². The lowest BCUT2D eigenvalue weighted by molar-refractivity contribution is -0.116. The number of aromatic nitrogens is 3. The molecule has 9 heteroatoms. The molecule has 0 atom stereocenters. The first-order chi connectivity index (χ1) is 9.69. The van der Waals surface area contributed by atoms with Crippen molar-refractivity contribution >= 4 is 17.8 Å². The maximum absolute atomic E-state index is 11.6. The zero-order valence-electron chi connectivity index (χ0n) is 10.7. The van der Waals surface area contributed by atoms with Crippen molar-refractivity contribution in [2.45, 2.75) is 6.42 Å². The Kier molecular flexibility index (Phi) is 4.32. The van der Waals surface area contributed by atoms with E-state index in [1.807, 2.05) is 0 Å². The summed E-state index contributed by atoms with van der Waals surface area (Å²) in [5.74, 6) is -0.419. The number of anilines is 1. The van der Waals surface area contributed by atoms with E-state index < -0.39 is 0 Å². The van der Waals surface area contributed by atoms with E-state index in [0.29, 0.717) is 5.56 Å². The van der Waals surface area contributed by atoms with Gasteiger partial charge in [0.2, 0.25) is 11.9 Å². The maximum Gasteiger partial charge on any atom is 0.336 e. The molecule has 0 aliphatic rings. The second kappa shape index (κ2) is 6.36. The molecule has 2 aromatic heterocycles. The zero-order chi connectivity index (χ0) is 14.4. The van der Waals surface area contributed by atoms with Crippen molar-refractivity contribution in [3.63, 3.8) is 0 Å². The summed E-state index contributed by atoms with van der Waals surface area (Å²) in [7, 11) is 1.42. The molecule has 0 aliphatic carbocycles. The van der Waals surface area contributed by atoms with Gasteiger partial charge >= 0.3 is 6.01 Å². The molecule has 2 amide bonds. The maximum atomic E-state index is 11.6. The number of H-pyrrole nitrogens is 1. The van der Waals surface area contributed by atoms with E-state index in [4.69, 9.17) is 9.15 Å². The van der Waals surface area contributed by atoms with Crippen LogP contribution in [0.4, 0.5) is 5.95 Å². The number of carbonyl (C=O) groups is 2. The highest BCUT2D eigenvalue weighted by Gasteiger charge is 2.09. The van der Waals surface area contributed by atoms with Gasteiger partial charge in [-0.15, -0.1) is 5.10 Å². The molecule has 9 nitrogen and oxygen atoms in total. The van der Waals surface area contributed by atoms with Crippen molar-refractivity contribution in [1.82, 2.24) is 20.5 Å². The monoisotopic (exact) mass is 279 g/mol. The molecule has 0 unspecified atom stereocenters. The number of furan rings is 1. The highest BCUT2D eigenvalue weighted by atomic mass is 16.5. The predicted molar refractivity (Wildman–Crippen MR) is 67.2 cm³/mol. The molecule has 0 spiro atoms. The Morgan fingerprint density at radius 1 is 1.50 bits per heavy atom. The minimum absolute atomic E-state index is 0.104. The van der Waals surface area contributed by atoms with Crippen LogP contribution in [0.5, 0.6) is 6.01 Å². The van der Waals surface area contributed by atoms with Gasteiger partial charge in [-0.25, -0.2) is 5.10 Å². The Bertz CT molecular complexity index is 577. The first kappa shape index (κ1) is 13.6. The lowest BCUT2D eigenvalue weighted by Gasteiger charge is -2.03. The van der Waals surface area contributed by atoms with E-state index in [9.17, 15) is 9.59 Å². The Morgan fingerprint density at radius 3 is 3.00 bits per heavy atom. The second-order valence-electron chi connectivity index (χ2n) is 3.74. The molecule has 2 rings (SSSR count). The van der Waals surface area contributed by atoms with Crippen molar-refractivity contribution < 1.29 is 18.7 Å². The van der Waals surface area contributed by atoms with Crippen LogP contribution in [0.1, 0.15) is 16.8 Å². The van der Waals surface area contributed by atoms with E-state index in [0.717, 1.165) is 0 Å². The fraction of sp³-hybridized carbons (Fsp3) is 0.273. The van der Waals surface area contributed by atoms with Crippen molar-refractivity contribution in [3.05, 3.63) is 24.2 Å². The summed E-state index contributed by atoms with van der Waals surface area (Å²) >= 11 is 0. The minimum atomic E-state index is -0.309. The number of hydrogen-bond acceptors (Lipinski definition) is 6. The second-order valence-corrected chi connectivity index (χ2v) is 3.74. The fourth-order valence-electron chi connectivity index (χ4n) is 1.37. The average Bonchev–Trinajstić information content (AvgIpc) is 3.09. The van der Waals surface area contributed by atoms with Crippen LogP contribution < -0.4 is 15.4 Å². The van der Waals surface area contributed by atoms with Gasteiger partial charge in [0.25, 0.3) is 5.91 Å². The van der Waals surface area contributed by atoms with Gasteiger partial charge in [0, 0.05) is 13.0 Å². The summed E-state index contributed by atoms with van der Waals surface area (Å²) in [6.45, 7) is 0.196. The first-order valence-corrected chi connectivity index (χ1v) is 5.75. The fourth-order valence-corrected chi connectivity index (χ4v) is 1.37. The predicted octanol–water partition coefficient (Wildman–Crippen LogP) is 0.165. The molecule has 2 heterocycles. The molecular weight excluding hydrogens is 266 g/mol. The smallest absolute Gasteiger partial charge is 0.336 e. The van der Waals surface area contributed by atoms with Crippen LogP contribution in [0.15, 0.2) is 23.0 Å². The first-order valence-electron chi connectivity index (χ1n) is 5.75. The van der Waals surface area contributed by atoms with Gasteiger partial charge in [0.15, 0.2) is 0 Å². The van der Waals surface area contributed by atoms with Crippen LogP contribution in [0.25, 0.3) is 0 Å². The largest absolute Gasteiger partial charge is 0.472 e. The van der Waals surface area contributed by atoms with Crippen molar-refractivity contribution in [2.75, 3.05) is 19.0 Å². The molecule has 0 fully saturated rings. The highest BCUT2D eigenvalue weighted by molar-refractivity contribution is 5.94. The summed E-state index contributed by atoms with van der Waals surface area (Å²) in [6, 6.07) is 1.67. The molecule has 0 bridgehead atoms.